The Kier molecular flexibility index (Phi) is 8.62. The van der Waals surface area contributed by atoms with Crippen molar-refractivity contribution in [1.82, 2.24) is 20.1 Å². The third-order valence-corrected chi connectivity index (χ3v) is 7.28. The predicted molar refractivity (Wildman–Crippen MR) is 159 cm³/mol. The number of aromatic nitrogens is 3. The van der Waals surface area contributed by atoms with Crippen LogP contribution in [0.25, 0.3) is 23.2 Å². The Balaban J connectivity index is 1.22. The summed E-state index contributed by atoms with van der Waals surface area (Å²) in [4.78, 5) is 23.4. The first-order valence-electron chi connectivity index (χ1n) is 13.1. The van der Waals surface area contributed by atoms with Crippen LogP contribution in [0.4, 0.5) is 23.7 Å². The Bertz CT molecular complexity index is 1620. The fourth-order valence-electron chi connectivity index (χ4n) is 4.41. The minimum absolute atomic E-state index is 0.314. The average Bonchev–Trinajstić information content (AvgIpc) is 3.63. The number of amides is 2. The smallest absolute Gasteiger partial charge is 0.406 e. The van der Waals surface area contributed by atoms with Crippen LogP contribution >= 0.6 is 11.8 Å². The molecule has 1 aromatic heterocycles. The van der Waals surface area contributed by atoms with Crippen LogP contribution in [0.15, 0.2) is 89.8 Å². The van der Waals surface area contributed by atoms with Crippen LogP contribution in [0.1, 0.15) is 25.0 Å². The summed E-state index contributed by atoms with van der Waals surface area (Å²) in [5.74, 6) is 0.998. The van der Waals surface area contributed by atoms with Crippen LogP contribution in [-0.2, 0) is 6.42 Å². The number of thioether (sulfide) groups is 1. The first kappa shape index (κ1) is 28.9. The quantitative estimate of drug-likeness (QED) is 0.247. The number of ether oxygens (including phenoxy) is 1. The molecule has 0 aliphatic carbocycles. The number of urea groups is 1. The van der Waals surface area contributed by atoms with E-state index >= 15 is 0 Å². The number of allylic oxidation sites excluding steroid dienone is 1. The maximum absolute atomic E-state index is 12.7. The number of amidine groups is 1. The summed E-state index contributed by atoms with van der Waals surface area (Å²) in [6.45, 7) is 4.70. The van der Waals surface area contributed by atoms with Crippen molar-refractivity contribution in [3.63, 3.8) is 0 Å². The van der Waals surface area contributed by atoms with E-state index in [0.717, 1.165) is 35.5 Å². The van der Waals surface area contributed by atoms with Gasteiger partial charge in [-0.1, -0.05) is 61.2 Å². The lowest BCUT2D eigenvalue weighted by molar-refractivity contribution is -0.274. The lowest BCUT2D eigenvalue weighted by Gasteiger charge is -2.20. The van der Waals surface area contributed by atoms with Gasteiger partial charge in [-0.25, -0.2) is 14.5 Å². The maximum Gasteiger partial charge on any atom is 0.573 e. The summed E-state index contributed by atoms with van der Waals surface area (Å²) in [5, 5.41) is 7.94. The summed E-state index contributed by atoms with van der Waals surface area (Å²) >= 11 is 1.56. The number of benzene rings is 3. The molecule has 0 radical (unpaired) electrons. The molecule has 1 fully saturated rings. The normalized spacial score (nSPS) is 14.8. The molecule has 216 valence electrons. The van der Waals surface area contributed by atoms with E-state index < -0.39 is 12.4 Å². The van der Waals surface area contributed by atoms with Crippen molar-refractivity contribution < 1.29 is 22.7 Å². The van der Waals surface area contributed by atoms with Crippen molar-refractivity contribution in [2.75, 3.05) is 17.2 Å². The van der Waals surface area contributed by atoms with Gasteiger partial charge in [0.25, 0.3) is 0 Å². The molecule has 0 bridgehead atoms. The molecule has 0 spiro atoms. The van der Waals surface area contributed by atoms with E-state index in [1.807, 2.05) is 42.5 Å². The number of aryl methyl sites for hydroxylation is 1. The minimum Gasteiger partial charge on any atom is -0.406 e. The fraction of sp³-hybridized carbons (Fsp3) is 0.200. The predicted octanol–water partition coefficient (Wildman–Crippen LogP) is 7.08. The third-order valence-electron chi connectivity index (χ3n) is 6.32. The zero-order valence-electron chi connectivity index (χ0n) is 22.8. The fourth-order valence-corrected chi connectivity index (χ4v) is 5.36. The molecule has 1 saturated heterocycles. The van der Waals surface area contributed by atoms with E-state index in [1.165, 1.54) is 40.8 Å². The molecular formula is C30H27F3N6O2S. The van der Waals surface area contributed by atoms with Gasteiger partial charge in [-0.15, -0.1) is 18.3 Å². The van der Waals surface area contributed by atoms with Crippen LogP contribution in [0.5, 0.6) is 5.75 Å². The van der Waals surface area contributed by atoms with Gasteiger partial charge in [-0.3, -0.25) is 0 Å². The molecular weight excluding hydrogens is 565 g/mol. The van der Waals surface area contributed by atoms with Gasteiger partial charge in [0, 0.05) is 29.2 Å². The number of nitrogens with one attached hydrogen (secondary N) is 1. The number of hydrogen-bond acceptors (Lipinski definition) is 5. The van der Waals surface area contributed by atoms with Gasteiger partial charge in [-0.05, 0) is 60.9 Å². The second-order valence-electron chi connectivity index (χ2n) is 9.31. The number of nitrogens with zero attached hydrogens (tertiary/aromatic N) is 5. The largest absolute Gasteiger partial charge is 0.573 e. The van der Waals surface area contributed by atoms with Gasteiger partial charge in [0.1, 0.15) is 12.1 Å². The third kappa shape index (κ3) is 7.19. The van der Waals surface area contributed by atoms with Gasteiger partial charge < -0.3 is 15.0 Å². The van der Waals surface area contributed by atoms with E-state index in [2.05, 4.69) is 49.1 Å². The lowest BCUT2D eigenvalue weighted by Crippen LogP contribution is -2.27. The van der Waals surface area contributed by atoms with E-state index in [0.29, 0.717) is 22.4 Å². The molecule has 2 amide bonds. The molecule has 12 heteroatoms. The number of aliphatic imine (C=N–C) groups is 1. The number of carbonyl (C=O) groups excluding carboxylic acids is 1. The van der Waals surface area contributed by atoms with E-state index in [9.17, 15) is 18.0 Å². The number of hydrogen-bond donors (Lipinski definition) is 1. The second-order valence-corrected chi connectivity index (χ2v) is 10.4. The van der Waals surface area contributed by atoms with Gasteiger partial charge >= 0.3 is 12.4 Å². The number of carbonyl (C=O) groups is 1. The SMILES string of the molecule is CCc1ccccc1N1CCS/C1=N\C(=O)N/C(C)=C/c1ccc(-c2ncn(-c3ccc(OC(F)(F)F)cc3)n2)cc1. The zero-order chi connectivity index (χ0) is 29.7. The Morgan fingerprint density at radius 2 is 1.83 bits per heavy atom. The van der Waals surface area contributed by atoms with E-state index in [4.69, 9.17) is 0 Å². The Hall–Kier alpha value is -4.58. The number of rotatable bonds is 7. The van der Waals surface area contributed by atoms with Crippen molar-refractivity contribution >= 4 is 34.7 Å². The van der Waals surface area contributed by atoms with Crippen LogP contribution in [0.3, 0.4) is 0 Å². The van der Waals surface area contributed by atoms with Gasteiger partial charge in [0.05, 0.1) is 5.69 Å². The standard InChI is InChI=1S/C30H27F3N6O2S/c1-3-22-6-4-5-7-26(22)38-16-17-42-29(38)36-28(40)35-20(2)18-21-8-10-23(11-9-21)27-34-19-39(37-27)24-12-14-25(15-13-24)41-30(31,32)33/h4-15,18-19H,3,16-17H2,1-2H3,(H,35,40)/b20-18+,36-29-. The minimum atomic E-state index is -4.75. The van der Waals surface area contributed by atoms with Crippen molar-refractivity contribution in [2.45, 2.75) is 26.6 Å². The highest BCUT2D eigenvalue weighted by molar-refractivity contribution is 8.14. The molecule has 1 aliphatic heterocycles. The summed E-state index contributed by atoms with van der Waals surface area (Å²) in [6, 6.07) is 20.5. The van der Waals surface area contributed by atoms with Crippen LogP contribution in [-0.4, -0.2) is 44.6 Å². The Morgan fingerprint density at radius 1 is 1.10 bits per heavy atom. The molecule has 8 nitrogen and oxygen atoms in total. The summed E-state index contributed by atoms with van der Waals surface area (Å²) < 4.78 is 42.5. The highest BCUT2D eigenvalue weighted by atomic mass is 32.2. The molecule has 0 atom stereocenters. The summed E-state index contributed by atoms with van der Waals surface area (Å²) in [7, 11) is 0. The molecule has 0 saturated carbocycles. The van der Waals surface area contributed by atoms with E-state index in [-0.39, 0.29) is 5.75 Å². The number of para-hydroxylation sites is 1. The van der Waals surface area contributed by atoms with Crippen LogP contribution < -0.4 is 15.0 Å². The van der Waals surface area contributed by atoms with Crippen molar-refractivity contribution in [3.8, 4) is 22.8 Å². The van der Waals surface area contributed by atoms with Crippen molar-refractivity contribution in [1.29, 1.82) is 0 Å². The molecule has 1 N–H and O–H groups in total. The first-order chi connectivity index (χ1) is 20.2. The molecule has 4 aromatic rings. The highest BCUT2D eigenvalue weighted by Crippen LogP contribution is 2.29. The molecule has 0 unspecified atom stereocenters. The molecule has 5 rings (SSSR count). The van der Waals surface area contributed by atoms with Gasteiger partial charge in [-0.2, -0.15) is 4.99 Å². The van der Waals surface area contributed by atoms with Crippen molar-refractivity contribution in [2.24, 2.45) is 4.99 Å². The first-order valence-corrected chi connectivity index (χ1v) is 14.1. The Morgan fingerprint density at radius 3 is 2.55 bits per heavy atom. The summed E-state index contributed by atoms with van der Waals surface area (Å²) in [6.07, 6.45) is -0.536. The zero-order valence-corrected chi connectivity index (χ0v) is 23.6. The monoisotopic (exact) mass is 592 g/mol. The lowest BCUT2D eigenvalue weighted by atomic mass is 10.1. The number of alkyl halides is 3. The van der Waals surface area contributed by atoms with Crippen LogP contribution in [0.2, 0.25) is 0 Å². The second kappa shape index (κ2) is 12.5. The molecule has 3 aromatic carbocycles. The highest BCUT2D eigenvalue weighted by Gasteiger charge is 2.31. The van der Waals surface area contributed by atoms with Gasteiger partial charge in [0.2, 0.25) is 0 Å². The van der Waals surface area contributed by atoms with Crippen LogP contribution in [0, 0.1) is 0 Å². The average molecular weight is 593 g/mol. The molecule has 1 aliphatic rings. The van der Waals surface area contributed by atoms with Gasteiger partial charge in [0.15, 0.2) is 11.0 Å². The Labute approximate surface area is 244 Å². The van der Waals surface area contributed by atoms with E-state index in [1.54, 1.807) is 18.7 Å². The number of halogens is 3. The maximum atomic E-state index is 12.7. The topological polar surface area (TPSA) is 84.6 Å². The summed E-state index contributed by atoms with van der Waals surface area (Å²) in [5.41, 5.74) is 5.08. The molecule has 42 heavy (non-hydrogen) atoms. The molecule has 2 heterocycles. The number of anilines is 1. The van der Waals surface area contributed by atoms with Crippen molar-refractivity contribution in [3.05, 3.63) is 95.9 Å².